The predicted octanol–water partition coefficient (Wildman–Crippen LogP) is 2.43. The summed E-state index contributed by atoms with van der Waals surface area (Å²) in [5, 5.41) is 0. The largest absolute Gasteiger partial charge is 0.469 e. The molecule has 0 aromatic heterocycles. The maximum Gasteiger partial charge on any atom is 0.308 e. The summed E-state index contributed by atoms with van der Waals surface area (Å²) in [6, 6.07) is 0. The van der Waals surface area contributed by atoms with E-state index in [0.717, 1.165) is 27.2 Å². The molecule has 0 bridgehead atoms. The minimum absolute atomic E-state index is 0.0310. The van der Waals surface area contributed by atoms with Gasteiger partial charge in [-0.05, 0) is 32.1 Å². The van der Waals surface area contributed by atoms with E-state index in [0.29, 0.717) is 6.42 Å². The van der Waals surface area contributed by atoms with E-state index in [9.17, 15) is 28.8 Å². The lowest BCUT2D eigenvalue weighted by Crippen LogP contribution is -2.51. The van der Waals surface area contributed by atoms with Gasteiger partial charge in [-0.2, -0.15) is 0 Å². The van der Waals surface area contributed by atoms with E-state index in [-0.39, 0.29) is 32.1 Å². The van der Waals surface area contributed by atoms with Crippen molar-refractivity contribution in [3.63, 3.8) is 0 Å². The van der Waals surface area contributed by atoms with Crippen molar-refractivity contribution in [1.82, 2.24) is 0 Å². The van der Waals surface area contributed by atoms with Gasteiger partial charge in [-0.1, -0.05) is 13.3 Å². The summed E-state index contributed by atoms with van der Waals surface area (Å²) in [7, 11) is 2.43. The van der Waals surface area contributed by atoms with Gasteiger partial charge in [0.05, 0.1) is 20.1 Å². The van der Waals surface area contributed by atoms with Crippen LogP contribution < -0.4 is 0 Å². The summed E-state index contributed by atoms with van der Waals surface area (Å²) >= 11 is 0. The van der Waals surface area contributed by atoms with E-state index in [1.165, 1.54) is 21.1 Å². The highest BCUT2D eigenvalue weighted by Crippen LogP contribution is 2.27. The monoisotopic (exact) mass is 532 g/mol. The van der Waals surface area contributed by atoms with Crippen LogP contribution in [0.2, 0.25) is 0 Å². The van der Waals surface area contributed by atoms with Gasteiger partial charge in [0.15, 0.2) is 12.2 Å². The third kappa shape index (κ3) is 14.2. The van der Waals surface area contributed by atoms with E-state index < -0.39 is 66.1 Å². The summed E-state index contributed by atoms with van der Waals surface area (Å²) in [6.45, 7) is 6.52. The molecule has 12 nitrogen and oxygen atoms in total. The molecule has 0 saturated carbocycles. The molecule has 0 aliphatic rings. The molecule has 1 unspecified atom stereocenters. The molecule has 5 atom stereocenters. The van der Waals surface area contributed by atoms with Gasteiger partial charge >= 0.3 is 35.8 Å². The molecule has 0 amide bonds. The van der Waals surface area contributed by atoms with Gasteiger partial charge in [0.1, 0.15) is 12.2 Å². The van der Waals surface area contributed by atoms with E-state index in [1.54, 1.807) is 0 Å². The van der Waals surface area contributed by atoms with Crippen molar-refractivity contribution >= 4 is 35.8 Å². The maximum atomic E-state index is 12.3. The second kappa shape index (κ2) is 18.1. The molecule has 0 heterocycles. The zero-order chi connectivity index (χ0) is 28.5. The van der Waals surface area contributed by atoms with Gasteiger partial charge < -0.3 is 28.4 Å². The molecule has 0 rings (SSSR count). The topological polar surface area (TPSA) is 158 Å². The van der Waals surface area contributed by atoms with Crippen molar-refractivity contribution in [3.05, 3.63) is 0 Å². The van der Waals surface area contributed by atoms with Crippen molar-refractivity contribution < 1.29 is 57.2 Å². The first kappa shape index (κ1) is 33.8. The van der Waals surface area contributed by atoms with Crippen LogP contribution in [0.1, 0.15) is 79.6 Å². The second-order valence-corrected chi connectivity index (χ2v) is 8.50. The van der Waals surface area contributed by atoms with Crippen molar-refractivity contribution in [2.45, 2.75) is 104 Å². The van der Waals surface area contributed by atoms with Crippen molar-refractivity contribution in [2.24, 2.45) is 5.92 Å². The number of esters is 6. The fourth-order valence-electron chi connectivity index (χ4n) is 3.81. The van der Waals surface area contributed by atoms with Gasteiger partial charge in [0.2, 0.25) is 0 Å². The summed E-state index contributed by atoms with van der Waals surface area (Å²) < 4.78 is 31.3. The third-order valence-corrected chi connectivity index (χ3v) is 5.40. The highest BCUT2D eigenvalue weighted by molar-refractivity contribution is 5.74. The molecular weight excluding hydrogens is 492 g/mol. The van der Waals surface area contributed by atoms with Crippen molar-refractivity contribution in [2.75, 3.05) is 14.2 Å². The Kier molecular flexibility index (Phi) is 16.6. The number of rotatable bonds is 17. The van der Waals surface area contributed by atoms with Crippen LogP contribution in [0.3, 0.4) is 0 Å². The van der Waals surface area contributed by atoms with Crippen LogP contribution in [-0.4, -0.2) is 74.5 Å². The lowest BCUT2D eigenvalue weighted by atomic mass is 9.91. The normalized spacial score (nSPS) is 14.7. The SMILES string of the molecule is CCCC[C@H](OC(C)=O)[C@@H](OC(C)=O)[C@H](OC(C)=O)[C@@H](CCC(CCC(=O)OC)C(=O)OC)OC(C)=O. The van der Waals surface area contributed by atoms with Gasteiger partial charge in [-0.15, -0.1) is 0 Å². The molecule has 212 valence electrons. The van der Waals surface area contributed by atoms with E-state index in [2.05, 4.69) is 4.74 Å². The number of carbonyl (C=O) groups is 6. The number of methoxy groups -OCH3 is 2. The Morgan fingerprint density at radius 2 is 1.05 bits per heavy atom. The first-order chi connectivity index (χ1) is 17.4. The number of hydrogen-bond donors (Lipinski definition) is 0. The minimum Gasteiger partial charge on any atom is -0.469 e. The molecule has 0 N–H and O–H groups in total. The smallest absolute Gasteiger partial charge is 0.308 e. The molecule has 37 heavy (non-hydrogen) atoms. The molecule has 0 radical (unpaired) electrons. The highest BCUT2D eigenvalue weighted by atomic mass is 16.6. The Bertz CT molecular complexity index is 778. The summed E-state index contributed by atoms with van der Waals surface area (Å²) in [6.07, 6.45) is -3.14. The maximum absolute atomic E-state index is 12.3. The van der Waals surface area contributed by atoms with Crippen molar-refractivity contribution in [1.29, 1.82) is 0 Å². The number of unbranched alkanes of at least 4 members (excludes halogenated alkanes) is 1. The minimum atomic E-state index is -1.36. The van der Waals surface area contributed by atoms with E-state index in [4.69, 9.17) is 23.7 Å². The van der Waals surface area contributed by atoms with Gasteiger partial charge in [0.25, 0.3) is 0 Å². The molecular formula is C25H40O12. The third-order valence-electron chi connectivity index (χ3n) is 5.40. The Morgan fingerprint density at radius 1 is 0.595 bits per heavy atom. The Morgan fingerprint density at radius 3 is 1.43 bits per heavy atom. The van der Waals surface area contributed by atoms with Gasteiger partial charge in [-0.3, -0.25) is 28.8 Å². The number of hydrogen-bond acceptors (Lipinski definition) is 12. The molecule has 0 aliphatic heterocycles. The zero-order valence-corrected chi connectivity index (χ0v) is 22.7. The molecule has 0 saturated heterocycles. The van der Waals surface area contributed by atoms with Crippen LogP contribution in [0, 0.1) is 5.92 Å². The van der Waals surface area contributed by atoms with E-state index in [1.807, 2.05) is 6.92 Å². The average molecular weight is 533 g/mol. The molecule has 0 aromatic rings. The van der Waals surface area contributed by atoms with Gasteiger partial charge in [0, 0.05) is 34.1 Å². The van der Waals surface area contributed by atoms with Crippen LogP contribution in [0.4, 0.5) is 0 Å². The van der Waals surface area contributed by atoms with Crippen LogP contribution in [-0.2, 0) is 57.2 Å². The molecule has 0 spiro atoms. The number of ether oxygens (including phenoxy) is 6. The average Bonchev–Trinajstić information content (AvgIpc) is 2.81. The first-order valence-electron chi connectivity index (χ1n) is 12.2. The summed E-state index contributed by atoms with van der Waals surface area (Å²) in [4.78, 5) is 71.8. The van der Waals surface area contributed by atoms with Crippen molar-refractivity contribution in [3.8, 4) is 0 Å². The van der Waals surface area contributed by atoms with Gasteiger partial charge in [-0.25, -0.2) is 0 Å². The summed E-state index contributed by atoms with van der Waals surface area (Å²) in [5.41, 5.74) is 0. The number of carbonyl (C=O) groups excluding carboxylic acids is 6. The fourth-order valence-corrected chi connectivity index (χ4v) is 3.81. The first-order valence-corrected chi connectivity index (χ1v) is 12.2. The molecule has 12 heteroatoms. The standard InChI is InChI=1S/C25H40O12/c1-8-9-10-20(34-15(2)26)23(36-17(4)28)24(37-18(5)29)21(35-16(3)27)13-11-19(25(31)33-7)12-14-22(30)32-6/h19-21,23-24H,8-14H2,1-7H3/t19?,20-,21+,23+,24+/m0/s1. The van der Waals surface area contributed by atoms with E-state index >= 15 is 0 Å². The van der Waals surface area contributed by atoms with Crippen LogP contribution >= 0.6 is 0 Å². The highest BCUT2D eigenvalue weighted by Gasteiger charge is 2.43. The predicted molar refractivity (Wildman–Crippen MR) is 128 cm³/mol. The zero-order valence-electron chi connectivity index (χ0n) is 22.7. The second-order valence-electron chi connectivity index (χ2n) is 8.50. The molecule has 0 fully saturated rings. The molecule has 0 aliphatic carbocycles. The fraction of sp³-hybridized carbons (Fsp3) is 0.760. The van der Waals surface area contributed by atoms with Crippen LogP contribution in [0.5, 0.6) is 0 Å². The van der Waals surface area contributed by atoms with Crippen LogP contribution in [0.25, 0.3) is 0 Å². The Labute approximate surface area is 217 Å². The quantitative estimate of drug-likeness (QED) is 0.199. The van der Waals surface area contributed by atoms with Crippen LogP contribution in [0.15, 0.2) is 0 Å². The Balaban J connectivity index is 6.29. The lowest BCUT2D eigenvalue weighted by molar-refractivity contribution is -0.199. The summed E-state index contributed by atoms with van der Waals surface area (Å²) in [5.74, 6) is -4.72. The molecule has 0 aromatic carbocycles. The lowest BCUT2D eigenvalue weighted by Gasteiger charge is -2.36. The Hall–Kier alpha value is -3.18.